The molecule has 1 saturated carbocycles. The third-order valence-electron chi connectivity index (χ3n) is 2.73. The molecule has 0 aliphatic heterocycles. The molecule has 74 valence electrons. The van der Waals surface area contributed by atoms with E-state index in [9.17, 15) is 0 Å². The van der Waals surface area contributed by atoms with Gasteiger partial charge >= 0.3 is 0 Å². The zero-order chi connectivity index (χ0) is 9.73. The first-order chi connectivity index (χ1) is 6.26. The predicted molar refractivity (Wildman–Crippen MR) is 57.8 cm³/mol. The second-order valence-corrected chi connectivity index (χ2v) is 4.86. The van der Waals surface area contributed by atoms with Crippen molar-refractivity contribution in [1.29, 1.82) is 5.26 Å². The summed E-state index contributed by atoms with van der Waals surface area (Å²) in [6, 6.07) is 2.45. The highest BCUT2D eigenvalue weighted by Crippen LogP contribution is 2.35. The molecule has 1 fully saturated rings. The first-order valence-corrected chi connectivity index (χ1v) is 6.24. The predicted octanol–water partition coefficient (Wildman–Crippen LogP) is 2.16. The molecule has 1 aliphatic rings. The van der Waals surface area contributed by atoms with Crippen LogP contribution in [0, 0.1) is 11.3 Å². The topological polar surface area (TPSA) is 35.8 Å². The Bertz CT molecular complexity index is 200. The van der Waals surface area contributed by atoms with Crippen LogP contribution >= 0.6 is 11.8 Å². The zero-order valence-electron chi connectivity index (χ0n) is 8.47. The number of nitrogens with zero attached hydrogens (tertiary/aromatic N) is 1. The van der Waals surface area contributed by atoms with E-state index in [4.69, 9.17) is 5.26 Å². The SMILES string of the molecule is CCCNC1(C#N)CCC(SC)C1. The lowest BCUT2D eigenvalue weighted by molar-refractivity contribution is 0.424. The van der Waals surface area contributed by atoms with E-state index in [0.717, 1.165) is 25.8 Å². The van der Waals surface area contributed by atoms with E-state index in [-0.39, 0.29) is 5.54 Å². The molecule has 0 saturated heterocycles. The Morgan fingerprint density at radius 1 is 1.69 bits per heavy atom. The lowest BCUT2D eigenvalue weighted by atomic mass is 10.00. The highest BCUT2D eigenvalue weighted by molar-refractivity contribution is 7.99. The van der Waals surface area contributed by atoms with Gasteiger partial charge in [0, 0.05) is 5.25 Å². The molecule has 0 heterocycles. The molecule has 2 nitrogen and oxygen atoms in total. The minimum absolute atomic E-state index is 0.205. The molecule has 2 atom stereocenters. The Hall–Kier alpha value is -0.200. The van der Waals surface area contributed by atoms with Crippen molar-refractivity contribution in [3.63, 3.8) is 0 Å². The highest BCUT2D eigenvalue weighted by Gasteiger charge is 2.38. The highest BCUT2D eigenvalue weighted by atomic mass is 32.2. The fraction of sp³-hybridized carbons (Fsp3) is 0.900. The van der Waals surface area contributed by atoms with Gasteiger partial charge in [-0.1, -0.05) is 6.92 Å². The standard InChI is InChI=1S/C10H18N2S/c1-3-6-12-10(8-11)5-4-9(7-10)13-2/h9,12H,3-7H2,1-2H3. The molecule has 0 bridgehead atoms. The van der Waals surface area contributed by atoms with Crippen LogP contribution in [0.1, 0.15) is 32.6 Å². The van der Waals surface area contributed by atoms with Crippen molar-refractivity contribution >= 4 is 11.8 Å². The molecule has 0 amide bonds. The average Bonchev–Trinajstić information content (AvgIpc) is 2.59. The third-order valence-corrected chi connectivity index (χ3v) is 3.80. The maximum atomic E-state index is 9.13. The van der Waals surface area contributed by atoms with Gasteiger partial charge in [-0.25, -0.2) is 0 Å². The summed E-state index contributed by atoms with van der Waals surface area (Å²) in [4.78, 5) is 0. The van der Waals surface area contributed by atoms with Gasteiger partial charge in [0.2, 0.25) is 0 Å². The van der Waals surface area contributed by atoms with Crippen LogP contribution in [-0.2, 0) is 0 Å². The summed E-state index contributed by atoms with van der Waals surface area (Å²) in [7, 11) is 0. The lowest BCUT2D eigenvalue weighted by Gasteiger charge is -2.22. The first-order valence-electron chi connectivity index (χ1n) is 4.95. The van der Waals surface area contributed by atoms with E-state index in [1.165, 1.54) is 6.42 Å². The monoisotopic (exact) mass is 198 g/mol. The van der Waals surface area contributed by atoms with Crippen LogP contribution in [0.4, 0.5) is 0 Å². The fourth-order valence-corrected chi connectivity index (χ4v) is 2.67. The van der Waals surface area contributed by atoms with E-state index >= 15 is 0 Å². The van der Waals surface area contributed by atoms with Gasteiger partial charge in [0.25, 0.3) is 0 Å². The van der Waals surface area contributed by atoms with Crippen molar-refractivity contribution in [2.45, 2.75) is 43.4 Å². The van der Waals surface area contributed by atoms with Crippen molar-refractivity contribution in [3.8, 4) is 6.07 Å². The molecule has 3 heteroatoms. The number of rotatable bonds is 4. The van der Waals surface area contributed by atoms with Gasteiger partial charge in [0.15, 0.2) is 0 Å². The third kappa shape index (κ3) is 2.62. The molecular formula is C10H18N2S. The molecule has 0 radical (unpaired) electrons. The van der Waals surface area contributed by atoms with E-state index in [1.807, 2.05) is 11.8 Å². The zero-order valence-corrected chi connectivity index (χ0v) is 9.28. The second kappa shape index (κ2) is 4.88. The quantitative estimate of drug-likeness (QED) is 0.752. The summed E-state index contributed by atoms with van der Waals surface area (Å²) in [6.07, 6.45) is 6.47. The van der Waals surface area contributed by atoms with Crippen molar-refractivity contribution in [1.82, 2.24) is 5.32 Å². The molecule has 0 aromatic rings. The minimum atomic E-state index is -0.205. The van der Waals surface area contributed by atoms with Gasteiger partial charge in [0.05, 0.1) is 6.07 Å². The molecule has 0 spiro atoms. The Morgan fingerprint density at radius 3 is 2.92 bits per heavy atom. The molecule has 13 heavy (non-hydrogen) atoms. The molecule has 1 aliphatic carbocycles. The molecule has 1 N–H and O–H groups in total. The van der Waals surface area contributed by atoms with E-state index in [1.54, 1.807) is 0 Å². The summed E-state index contributed by atoms with van der Waals surface area (Å²) in [5.41, 5.74) is -0.205. The number of hydrogen-bond donors (Lipinski definition) is 1. The lowest BCUT2D eigenvalue weighted by Crippen LogP contribution is -2.42. The van der Waals surface area contributed by atoms with Gasteiger partial charge < -0.3 is 0 Å². The minimum Gasteiger partial charge on any atom is -0.299 e. The summed E-state index contributed by atoms with van der Waals surface area (Å²) in [5.74, 6) is 0. The van der Waals surface area contributed by atoms with E-state index in [0.29, 0.717) is 5.25 Å². The van der Waals surface area contributed by atoms with Crippen LogP contribution < -0.4 is 5.32 Å². The van der Waals surface area contributed by atoms with Gasteiger partial charge in [-0.15, -0.1) is 0 Å². The van der Waals surface area contributed by atoms with E-state index in [2.05, 4.69) is 24.6 Å². The molecule has 1 rings (SSSR count). The maximum Gasteiger partial charge on any atom is 0.107 e. The average molecular weight is 198 g/mol. The Kier molecular flexibility index (Phi) is 4.08. The van der Waals surface area contributed by atoms with Crippen LogP contribution in [0.3, 0.4) is 0 Å². The molecule has 2 unspecified atom stereocenters. The van der Waals surface area contributed by atoms with Crippen molar-refractivity contribution in [3.05, 3.63) is 0 Å². The number of nitrogens with one attached hydrogen (secondary N) is 1. The Labute approximate surface area is 85.1 Å². The van der Waals surface area contributed by atoms with Crippen LogP contribution in [0.25, 0.3) is 0 Å². The summed E-state index contributed by atoms with van der Waals surface area (Å²) in [6.45, 7) is 3.10. The molecule has 0 aromatic carbocycles. The summed E-state index contributed by atoms with van der Waals surface area (Å²) >= 11 is 1.89. The van der Waals surface area contributed by atoms with Crippen molar-refractivity contribution in [2.75, 3.05) is 12.8 Å². The fourth-order valence-electron chi connectivity index (χ4n) is 1.87. The van der Waals surface area contributed by atoms with Crippen LogP contribution in [0.2, 0.25) is 0 Å². The van der Waals surface area contributed by atoms with Crippen molar-refractivity contribution < 1.29 is 0 Å². The van der Waals surface area contributed by atoms with Gasteiger partial charge in [-0.2, -0.15) is 17.0 Å². The summed E-state index contributed by atoms with van der Waals surface area (Å²) < 4.78 is 0. The first kappa shape index (κ1) is 10.9. The van der Waals surface area contributed by atoms with Crippen LogP contribution in [-0.4, -0.2) is 23.6 Å². The maximum absolute atomic E-state index is 9.13. The number of nitriles is 1. The van der Waals surface area contributed by atoms with Crippen LogP contribution in [0.5, 0.6) is 0 Å². The Balaban J connectivity index is 2.48. The normalized spacial score (nSPS) is 33.2. The number of thioether (sulfide) groups is 1. The second-order valence-electron chi connectivity index (χ2n) is 3.72. The van der Waals surface area contributed by atoms with Gasteiger partial charge in [-0.05, 0) is 38.5 Å². The van der Waals surface area contributed by atoms with Gasteiger partial charge in [0.1, 0.15) is 5.54 Å². The van der Waals surface area contributed by atoms with Gasteiger partial charge in [-0.3, -0.25) is 5.32 Å². The molecular weight excluding hydrogens is 180 g/mol. The molecule has 0 aromatic heterocycles. The number of hydrogen-bond acceptors (Lipinski definition) is 3. The summed E-state index contributed by atoms with van der Waals surface area (Å²) in [5, 5.41) is 13.2. The van der Waals surface area contributed by atoms with Crippen molar-refractivity contribution in [2.24, 2.45) is 0 Å². The van der Waals surface area contributed by atoms with E-state index < -0.39 is 0 Å². The smallest absolute Gasteiger partial charge is 0.107 e. The Morgan fingerprint density at radius 2 is 2.46 bits per heavy atom. The van der Waals surface area contributed by atoms with Crippen LogP contribution in [0.15, 0.2) is 0 Å². The largest absolute Gasteiger partial charge is 0.299 e.